The molecule has 1 aliphatic rings. The van der Waals surface area contributed by atoms with Crippen LogP contribution in [0, 0.1) is 0 Å². The van der Waals surface area contributed by atoms with Gasteiger partial charge in [-0.3, -0.25) is 10.1 Å². The molecule has 1 aliphatic heterocycles. The average Bonchev–Trinajstić information content (AvgIpc) is 2.81. The highest BCUT2D eigenvalue weighted by atomic mass is 32.2. The number of rotatable bonds is 3. The molecule has 2 heterocycles. The smallest absolute Gasteiger partial charge is 0.343 e. The van der Waals surface area contributed by atoms with Gasteiger partial charge >= 0.3 is 5.97 Å². The van der Waals surface area contributed by atoms with Crippen molar-refractivity contribution in [3.8, 4) is 0 Å². The highest BCUT2D eigenvalue weighted by Crippen LogP contribution is 2.34. The Morgan fingerprint density at radius 1 is 1.29 bits per heavy atom. The van der Waals surface area contributed by atoms with Crippen molar-refractivity contribution in [2.75, 3.05) is 16.8 Å². The van der Waals surface area contributed by atoms with Gasteiger partial charge in [-0.1, -0.05) is 0 Å². The number of anilines is 1. The molecule has 0 unspecified atom stereocenters. The predicted octanol–water partition coefficient (Wildman–Crippen LogP) is 1.86. The number of aliphatic carboxylic acids is 1. The number of thiazole rings is 1. The Kier molecular flexibility index (Phi) is 4.08. The fraction of sp³-hybridized carbons (Fsp3) is 0.222. The Morgan fingerprint density at radius 3 is 2.59 bits per heavy atom. The summed E-state index contributed by atoms with van der Waals surface area (Å²) in [6.45, 7) is 0. The molecule has 90 valence electrons. The zero-order valence-corrected chi connectivity index (χ0v) is 11.0. The van der Waals surface area contributed by atoms with Crippen molar-refractivity contribution in [1.29, 1.82) is 0 Å². The van der Waals surface area contributed by atoms with Crippen LogP contribution in [0.1, 0.15) is 0 Å². The van der Waals surface area contributed by atoms with Crippen molar-refractivity contribution in [2.45, 2.75) is 0 Å². The molecule has 1 amide bonds. The fourth-order valence-corrected chi connectivity index (χ4v) is 3.89. The largest absolute Gasteiger partial charge is 0.477 e. The molecule has 5 nitrogen and oxygen atoms in total. The molecule has 2 N–H and O–H groups in total. The Labute approximate surface area is 110 Å². The number of nitrogens with one attached hydrogen (secondary N) is 1. The first-order valence-electron chi connectivity index (χ1n) is 4.62. The molecule has 0 atom stereocenters. The van der Waals surface area contributed by atoms with Crippen LogP contribution in [-0.4, -0.2) is 33.5 Å². The van der Waals surface area contributed by atoms with Crippen LogP contribution in [0.5, 0.6) is 0 Å². The van der Waals surface area contributed by atoms with Gasteiger partial charge in [0.25, 0.3) is 5.91 Å². The summed E-state index contributed by atoms with van der Waals surface area (Å²) in [6.07, 6.45) is 1.58. The molecule has 0 saturated carbocycles. The van der Waals surface area contributed by atoms with Crippen molar-refractivity contribution < 1.29 is 14.7 Å². The van der Waals surface area contributed by atoms with Gasteiger partial charge in [0.05, 0.1) is 4.91 Å². The number of carbonyl (C=O) groups excluding carboxylic acids is 1. The van der Waals surface area contributed by atoms with Crippen LogP contribution in [0.3, 0.4) is 0 Å². The molecule has 8 heteroatoms. The topological polar surface area (TPSA) is 79.3 Å². The third-order valence-electron chi connectivity index (χ3n) is 1.84. The van der Waals surface area contributed by atoms with Gasteiger partial charge in [-0.15, -0.1) is 34.9 Å². The van der Waals surface area contributed by atoms with E-state index < -0.39 is 11.9 Å². The lowest BCUT2D eigenvalue weighted by Crippen LogP contribution is -2.19. The van der Waals surface area contributed by atoms with Gasteiger partial charge in [0.1, 0.15) is 4.91 Å². The van der Waals surface area contributed by atoms with Gasteiger partial charge in [-0.2, -0.15) is 0 Å². The molecule has 17 heavy (non-hydrogen) atoms. The summed E-state index contributed by atoms with van der Waals surface area (Å²) in [5, 5.41) is 13.8. The lowest BCUT2D eigenvalue weighted by molar-refractivity contribution is -0.132. The summed E-state index contributed by atoms with van der Waals surface area (Å²) >= 11 is 3.77. The number of aromatic nitrogens is 1. The molecule has 0 saturated heterocycles. The maximum Gasteiger partial charge on any atom is 0.343 e. The van der Waals surface area contributed by atoms with Crippen LogP contribution in [0.25, 0.3) is 0 Å². The van der Waals surface area contributed by atoms with Gasteiger partial charge in [-0.25, -0.2) is 9.78 Å². The number of amides is 1. The molecule has 0 spiro atoms. The highest BCUT2D eigenvalue weighted by molar-refractivity contribution is 8.11. The van der Waals surface area contributed by atoms with Crippen LogP contribution >= 0.6 is 34.9 Å². The summed E-state index contributed by atoms with van der Waals surface area (Å²) in [4.78, 5) is 27.2. The minimum Gasteiger partial charge on any atom is -0.477 e. The minimum absolute atomic E-state index is 0.121. The van der Waals surface area contributed by atoms with Crippen LogP contribution < -0.4 is 5.32 Å². The first-order chi connectivity index (χ1) is 8.18. The summed E-state index contributed by atoms with van der Waals surface area (Å²) < 4.78 is 0. The third kappa shape index (κ3) is 3.02. The zero-order chi connectivity index (χ0) is 12.3. The molecule has 0 bridgehead atoms. The quantitative estimate of drug-likeness (QED) is 0.884. The van der Waals surface area contributed by atoms with E-state index in [0.29, 0.717) is 10.9 Å². The second-order valence-corrected chi connectivity index (χ2v) is 6.06. The van der Waals surface area contributed by atoms with Crippen LogP contribution in [0.15, 0.2) is 21.4 Å². The molecule has 0 aromatic carbocycles. The molecule has 1 aromatic heterocycles. The van der Waals surface area contributed by atoms with E-state index >= 15 is 0 Å². The third-order valence-corrected chi connectivity index (χ3v) is 5.07. The Balaban J connectivity index is 2.19. The van der Waals surface area contributed by atoms with E-state index in [9.17, 15) is 9.59 Å². The van der Waals surface area contributed by atoms with Crippen LogP contribution in [0.2, 0.25) is 0 Å². The molecule has 2 rings (SSSR count). The van der Waals surface area contributed by atoms with E-state index in [-0.39, 0.29) is 9.81 Å². The van der Waals surface area contributed by atoms with Gasteiger partial charge < -0.3 is 5.11 Å². The van der Waals surface area contributed by atoms with Gasteiger partial charge in [-0.05, 0) is 0 Å². The van der Waals surface area contributed by atoms with Crippen LogP contribution in [-0.2, 0) is 9.59 Å². The first-order valence-corrected chi connectivity index (χ1v) is 7.47. The van der Waals surface area contributed by atoms with Gasteiger partial charge in [0, 0.05) is 23.1 Å². The van der Waals surface area contributed by atoms with E-state index in [1.807, 2.05) is 0 Å². The monoisotopic (exact) mass is 288 g/mol. The minimum atomic E-state index is -1.05. The van der Waals surface area contributed by atoms with Gasteiger partial charge in [0.2, 0.25) is 0 Å². The molecular weight excluding hydrogens is 280 g/mol. The van der Waals surface area contributed by atoms with E-state index in [1.165, 1.54) is 34.9 Å². The van der Waals surface area contributed by atoms with Crippen molar-refractivity contribution >= 4 is 51.9 Å². The highest BCUT2D eigenvalue weighted by Gasteiger charge is 2.25. The number of carboxylic acids is 1. The summed E-state index contributed by atoms with van der Waals surface area (Å²) in [7, 11) is 0. The maximum absolute atomic E-state index is 11.9. The zero-order valence-electron chi connectivity index (χ0n) is 8.50. The Hall–Kier alpha value is -0.990. The average molecular weight is 288 g/mol. The number of carboxylic acid groups (broad SMARTS) is 1. The van der Waals surface area contributed by atoms with Crippen molar-refractivity contribution in [1.82, 2.24) is 4.98 Å². The van der Waals surface area contributed by atoms with Gasteiger partial charge in [0.15, 0.2) is 5.13 Å². The van der Waals surface area contributed by atoms with E-state index in [2.05, 4.69) is 10.3 Å². The number of hydrogen-bond donors (Lipinski definition) is 2. The molecule has 0 fully saturated rings. The number of thioether (sulfide) groups is 2. The molecule has 0 aliphatic carbocycles. The number of hydrogen-bond acceptors (Lipinski definition) is 6. The lowest BCUT2D eigenvalue weighted by Gasteiger charge is -2.15. The predicted molar refractivity (Wildman–Crippen MR) is 70.3 cm³/mol. The van der Waals surface area contributed by atoms with E-state index in [0.717, 1.165) is 5.75 Å². The molecule has 0 radical (unpaired) electrons. The molecule has 1 aromatic rings. The number of nitrogens with zero attached hydrogens (tertiary/aromatic N) is 1. The second-order valence-electron chi connectivity index (χ2n) is 2.95. The Morgan fingerprint density at radius 2 is 2.00 bits per heavy atom. The number of carbonyl (C=O) groups is 2. The van der Waals surface area contributed by atoms with E-state index in [4.69, 9.17) is 5.11 Å². The lowest BCUT2D eigenvalue weighted by atomic mass is 10.4. The van der Waals surface area contributed by atoms with Crippen molar-refractivity contribution in [2.24, 2.45) is 0 Å². The van der Waals surface area contributed by atoms with E-state index in [1.54, 1.807) is 11.6 Å². The first kappa shape index (κ1) is 12.5. The SMILES string of the molecule is O=C(O)C1=C(C(=O)Nc2nccs2)SCCS1. The fourth-order valence-electron chi connectivity index (χ4n) is 1.19. The second kappa shape index (κ2) is 5.56. The summed E-state index contributed by atoms with van der Waals surface area (Å²) in [5.41, 5.74) is 0. The summed E-state index contributed by atoms with van der Waals surface area (Å²) in [6, 6.07) is 0. The van der Waals surface area contributed by atoms with Crippen LogP contribution in [0.4, 0.5) is 5.13 Å². The Bertz CT molecular complexity index is 470. The summed E-state index contributed by atoms with van der Waals surface area (Å²) in [5.74, 6) is 0.00334. The normalized spacial score (nSPS) is 15.8. The maximum atomic E-state index is 11.9. The molecular formula is C9H8N2O3S3. The van der Waals surface area contributed by atoms with Crippen molar-refractivity contribution in [3.05, 3.63) is 21.4 Å². The van der Waals surface area contributed by atoms with Crippen molar-refractivity contribution in [3.63, 3.8) is 0 Å². The standard InChI is InChI=1S/C9H8N2O3S3/c12-7(11-9-10-1-2-17-9)5-6(8(13)14)16-4-3-15-5/h1-2H,3-4H2,(H,13,14)(H,10,11,12).